The number of esters is 1. The molecule has 4 N–H and O–H groups in total. The first-order chi connectivity index (χ1) is 14.0. The summed E-state index contributed by atoms with van der Waals surface area (Å²) in [5.41, 5.74) is 7.41. The number of benzene rings is 2. The van der Waals surface area contributed by atoms with Crippen molar-refractivity contribution >= 4 is 17.8 Å². The molecule has 2 amide bonds. The number of nitrogens with two attached hydrogens (primary N) is 1. The minimum absolute atomic E-state index is 0.0209. The molecule has 3 atom stereocenters. The summed E-state index contributed by atoms with van der Waals surface area (Å²) in [6.07, 6.45) is 0.605. The minimum Gasteiger partial charge on any atom is -0.461 e. The van der Waals surface area contributed by atoms with E-state index in [-0.39, 0.29) is 31.4 Å². The van der Waals surface area contributed by atoms with E-state index in [0.29, 0.717) is 6.42 Å². The van der Waals surface area contributed by atoms with Gasteiger partial charge in [0.1, 0.15) is 6.61 Å². The van der Waals surface area contributed by atoms with Gasteiger partial charge < -0.3 is 21.1 Å². The molecule has 1 saturated heterocycles. The van der Waals surface area contributed by atoms with Gasteiger partial charge in [0.25, 0.3) is 0 Å². The van der Waals surface area contributed by atoms with Gasteiger partial charge in [-0.05, 0) is 17.5 Å². The Bertz CT molecular complexity index is 842. The lowest BCUT2D eigenvalue weighted by molar-refractivity contribution is -0.145. The second-order valence-electron chi connectivity index (χ2n) is 7.15. The van der Waals surface area contributed by atoms with E-state index in [1.54, 1.807) is 0 Å². The summed E-state index contributed by atoms with van der Waals surface area (Å²) < 4.78 is 5.31. The molecule has 7 heteroatoms. The molecule has 0 bridgehead atoms. The van der Waals surface area contributed by atoms with Gasteiger partial charge in [0, 0.05) is 12.5 Å². The minimum atomic E-state index is -0.641. The van der Waals surface area contributed by atoms with Crippen LogP contribution < -0.4 is 16.4 Å². The summed E-state index contributed by atoms with van der Waals surface area (Å²) in [4.78, 5) is 36.1. The number of hydrogen-bond donors (Lipinski definition) is 3. The van der Waals surface area contributed by atoms with E-state index in [1.165, 1.54) is 0 Å². The van der Waals surface area contributed by atoms with Crippen molar-refractivity contribution in [3.8, 4) is 0 Å². The molecular formula is C22H25N3O4. The first-order valence-corrected chi connectivity index (χ1v) is 9.59. The van der Waals surface area contributed by atoms with Crippen LogP contribution in [0.2, 0.25) is 0 Å². The Kier molecular flexibility index (Phi) is 6.97. The van der Waals surface area contributed by atoms with Gasteiger partial charge in [-0.25, -0.2) is 0 Å². The Hall–Kier alpha value is -3.19. The molecule has 2 aromatic carbocycles. The average molecular weight is 395 g/mol. The van der Waals surface area contributed by atoms with Crippen LogP contribution in [0, 0.1) is 0 Å². The van der Waals surface area contributed by atoms with E-state index in [9.17, 15) is 14.4 Å². The number of amides is 2. The normalized spacial score (nSPS) is 19.4. The zero-order chi connectivity index (χ0) is 20.6. The molecule has 1 heterocycles. The van der Waals surface area contributed by atoms with Crippen molar-refractivity contribution in [1.82, 2.24) is 10.6 Å². The number of carbonyl (C=O) groups excluding carboxylic acids is 3. The van der Waals surface area contributed by atoms with Gasteiger partial charge in [-0.15, -0.1) is 0 Å². The predicted molar refractivity (Wildman–Crippen MR) is 107 cm³/mol. The van der Waals surface area contributed by atoms with Crippen molar-refractivity contribution in [2.45, 2.75) is 44.0 Å². The quantitative estimate of drug-likeness (QED) is 0.550. The summed E-state index contributed by atoms with van der Waals surface area (Å²) in [5.74, 6) is -1.09. The van der Waals surface area contributed by atoms with Gasteiger partial charge in [0.2, 0.25) is 11.8 Å². The SMILES string of the molecule is NC(=O)[C@H](Cc1ccccc1)N[C@H]1CC(=O)N[C@H]1CC(=O)OCc1ccccc1. The molecule has 152 valence electrons. The Morgan fingerprint density at radius 1 is 1.07 bits per heavy atom. The summed E-state index contributed by atoms with van der Waals surface area (Å²) in [6.45, 7) is 0.177. The van der Waals surface area contributed by atoms with Crippen LogP contribution in [0.25, 0.3) is 0 Å². The second kappa shape index (κ2) is 9.84. The predicted octanol–water partition coefficient (Wildman–Crippen LogP) is 1.06. The fourth-order valence-electron chi connectivity index (χ4n) is 3.40. The van der Waals surface area contributed by atoms with Crippen LogP contribution in [0.15, 0.2) is 60.7 Å². The molecule has 1 fully saturated rings. The van der Waals surface area contributed by atoms with Crippen molar-refractivity contribution in [1.29, 1.82) is 0 Å². The maximum Gasteiger partial charge on any atom is 0.308 e. The third-order valence-electron chi connectivity index (χ3n) is 4.91. The lowest BCUT2D eigenvalue weighted by atomic mass is 10.0. The second-order valence-corrected chi connectivity index (χ2v) is 7.15. The largest absolute Gasteiger partial charge is 0.461 e. The average Bonchev–Trinajstić information content (AvgIpc) is 3.06. The van der Waals surface area contributed by atoms with Crippen LogP contribution in [0.1, 0.15) is 24.0 Å². The topological polar surface area (TPSA) is 111 Å². The zero-order valence-electron chi connectivity index (χ0n) is 16.0. The third-order valence-corrected chi connectivity index (χ3v) is 4.91. The standard InChI is InChI=1S/C22H25N3O4/c23-22(28)19(11-15-7-3-1-4-8-15)24-17-12-20(26)25-18(17)13-21(27)29-14-16-9-5-2-6-10-16/h1-10,17-19,24H,11-14H2,(H2,23,28)(H,25,26)/t17-,18-,19-/m0/s1. The third kappa shape index (κ3) is 6.15. The first-order valence-electron chi connectivity index (χ1n) is 9.59. The van der Waals surface area contributed by atoms with Crippen LogP contribution in [-0.2, 0) is 32.1 Å². The number of hydrogen-bond acceptors (Lipinski definition) is 5. The van der Waals surface area contributed by atoms with Crippen LogP contribution in [0.5, 0.6) is 0 Å². The first kappa shape index (κ1) is 20.5. The molecule has 1 aliphatic rings. The molecule has 1 aliphatic heterocycles. The molecule has 0 spiro atoms. The van der Waals surface area contributed by atoms with Gasteiger partial charge in [0.15, 0.2) is 0 Å². The Labute approximate surface area is 169 Å². The van der Waals surface area contributed by atoms with Gasteiger partial charge in [-0.2, -0.15) is 0 Å². The van der Waals surface area contributed by atoms with Crippen molar-refractivity contribution in [2.75, 3.05) is 0 Å². The molecule has 0 radical (unpaired) electrons. The van der Waals surface area contributed by atoms with E-state index >= 15 is 0 Å². The van der Waals surface area contributed by atoms with E-state index in [1.807, 2.05) is 60.7 Å². The molecule has 0 aromatic heterocycles. The molecular weight excluding hydrogens is 370 g/mol. The van der Waals surface area contributed by atoms with Gasteiger partial charge >= 0.3 is 5.97 Å². The maximum absolute atomic E-state index is 12.2. The van der Waals surface area contributed by atoms with Crippen molar-refractivity contribution in [2.24, 2.45) is 5.73 Å². The van der Waals surface area contributed by atoms with Crippen LogP contribution >= 0.6 is 0 Å². The molecule has 29 heavy (non-hydrogen) atoms. The summed E-state index contributed by atoms with van der Waals surface area (Å²) >= 11 is 0. The number of ether oxygens (including phenoxy) is 1. The van der Waals surface area contributed by atoms with Gasteiger partial charge in [-0.1, -0.05) is 60.7 Å². The Morgan fingerprint density at radius 2 is 1.69 bits per heavy atom. The summed E-state index contributed by atoms with van der Waals surface area (Å²) in [7, 11) is 0. The van der Waals surface area contributed by atoms with Crippen molar-refractivity contribution < 1.29 is 19.1 Å². The van der Waals surface area contributed by atoms with Crippen LogP contribution in [-0.4, -0.2) is 35.9 Å². The van der Waals surface area contributed by atoms with E-state index < -0.39 is 24.0 Å². The van der Waals surface area contributed by atoms with Crippen LogP contribution in [0.4, 0.5) is 0 Å². The fraction of sp³-hybridized carbons (Fsp3) is 0.318. The monoisotopic (exact) mass is 395 g/mol. The summed E-state index contributed by atoms with van der Waals surface area (Å²) in [5, 5.41) is 5.94. The molecule has 0 aliphatic carbocycles. The van der Waals surface area contributed by atoms with Gasteiger partial charge in [-0.3, -0.25) is 14.4 Å². The van der Waals surface area contributed by atoms with Crippen molar-refractivity contribution in [3.05, 3.63) is 71.8 Å². The molecule has 2 aromatic rings. The number of nitrogens with one attached hydrogen (secondary N) is 2. The Morgan fingerprint density at radius 3 is 2.31 bits per heavy atom. The Balaban J connectivity index is 1.57. The van der Waals surface area contributed by atoms with Crippen LogP contribution in [0.3, 0.4) is 0 Å². The lowest BCUT2D eigenvalue weighted by Gasteiger charge is -2.24. The number of primary amides is 1. The van der Waals surface area contributed by atoms with E-state index in [0.717, 1.165) is 11.1 Å². The lowest BCUT2D eigenvalue weighted by Crippen LogP contribution is -2.52. The fourth-order valence-corrected chi connectivity index (χ4v) is 3.40. The number of carbonyl (C=O) groups is 3. The van der Waals surface area contributed by atoms with Gasteiger partial charge in [0.05, 0.1) is 18.5 Å². The highest BCUT2D eigenvalue weighted by Gasteiger charge is 2.36. The highest BCUT2D eigenvalue weighted by molar-refractivity contribution is 5.83. The molecule has 0 unspecified atom stereocenters. The highest BCUT2D eigenvalue weighted by Crippen LogP contribution is 2.15. The summed E-state index contributed by atoms with van der Waals surface area (Å²) in [6, 6.07) is 17.4. The van der Waals surface area contributed by atoms with E-state index in [4.69, 9.17) is 10.5 Å². The zero-order valence-corrected chi connectivity index (χ0v) is 16.0. The highest BCUT2D eigenvalue weighted by atomic mass is 16.5. The number of rotatable bonds is 9. The molecule has 0 saturated carbocycles. The van der Waals surface area contributed by atoms with E-state index in [2.05, 4.69) is 10.6 Å². The maximum atomic E-state index is 12.2. The van der Waals surface area contributed by atoms with Crippen molar-refractivity contribution in [3.63, 3.8) is 0 Å². The molecule has 3 rings (SSSR count). The smallest absolute Gasteiger partial charge is 0.308 e. The molecule has 7 nitrogen and oxygen atoms in total.